The number of nitrogens with one attached hydrogen (secondary N) is 1. The molecule has 0 bridgehead atoms. The minimum atomic E-state index is 0.314. The van der Waals surface area contributed by atoms with E-state index in [2.05, 4.69) is 17.4 Å². The number of benzene rings is 1. The van der Waals surface area contributed by atoms with Crippen LogP contribution in [0.25, 0.3) is 0 Å². The summed E-state index contributed by atoms with van der Waals surface area (Å²) in [5.41, 5.74) is 7.36. The van der Waals surface area contributed by atoms with Crippen LogP contribution in [0, 0.1) is 0 Å². The molecular formula is C14H22N2O. The lowest BCUT2D eigenvalue weighted by Gasteiger charge is -2.29. The Labute approximate surface area is 103 Å². The van der Waals surface area contributed by atoms with Gasteiger partial charge in [0.15, 0.2) is 0 Å². The average Bonchev–Trinajstić information content (AvgIpc) is 2.38. The number of hydrogen-bond donors (Lipinski definition) is 2. The van der Waals surface area contributed by atoms with Crippen LogP contribution in [0.5, 0.6) is 5.75 Å². The van der Waals surface area contributed by atoms with Gasteiger partial charge < -0.3 is 15.8 Å². The molecule has 1 aliphatic rings. The van der Waals surface area contributed by atoms with Crippen LogP contribution in [0.2, 0.25) is 0 Å². The van der Waals surface area contributed by atoms with E-state index in [-0.39, 0.29) is 0 Å². The molecule has 0 spiro atoms. The summed E-state index contributed by atoms with van der Waals surface area (Å²) in [6.07, 6.45) is 4.92. The van der Waals surface area contributed by atoms with Crippen LogP contribution in [0.4, 0.5) is 0 Å². The van der Waals surface area contributed by atoms with E-state index in [1.165, 1.54) is 24.8 Å². The van der Waals surface area contributed by atoms with Crippen molar-refractivity contribution in [2.45, 2.75) is 44.3 Å². The molecule has 0 heterocycles. The Morgan fingerprint density at radius 3 is 2.94 bits per heavy atom. The van der Waals surface area contributed by atoms with Gasteiger partial charge in [0.1, 0.15) is 5.75 Å². The Hall–Kier alpha value is -1.06. The van der Waals surface area contributed by atoms with Crippen molar-refractivity contribution in [1.29, 1.82) is 0 Å². The Kier molecular flexibility index (Phi) is 4.40. The van der Waals surface area contributed by atoms with Crippen LogP contribution in [0.1, 0.15) is 31.2 Å². The molecule has 2 rings (SSSR count). The maximum Gasteiger partial charge on any atom is 0.119 e. The Balaban J connectivity index is 1.88. The van der Waals surface area contributed by atoms with Crippen molar-refractivity contribution in [3.05, 3.63) is 29.8 Å². The zero-order valence-corrected chi connectivity index (χ0v) is 10.5. The van der Waals surface area contributed by atoms with E-state index >= 15 is 0 Å². The number of nitrogens with two attached hydrogens (primary N) is 1. The van der Waals surface area contributed by atoms with Crippen molar-refractivity contribution >= 4 is 0 Å². The van der Waals surface area contributed by atoms with E-state index in [1.54, 1.807) is 7.11 Å². The van der Waals surface area contributed by atoms with Gasteiger partial charge in [-0.25, -0.2) is 0 Å². The highest BCUT2D eigenvalue weighted by molar-refractivity contribution is 5.28. The smallest absolute Gasteiger partial charge is 0.119 e. The highest BCUT2D eigenvalue weighted by atomic mass is 16.5. The van der Waals surface area contributed by atoms with Gasteiger partial charge in [0.05, 0.1) is 7.11 Å². The first kappa shape index (κ1) is 12.4. The molecule has 3 nitrogen and oxygen atoms in total. The molecule has 3 N–H and O–H groups in total. The second-order valence-electron chi connectivity index (χ2n) is 4.79. The molecule has 1 aromatic rings. The first-order valence-electron chi connectivity index (χ1n) is 6.41. The third-order valence-electron chi connectivity index (χ3n) is 3.52. The molecule has 0 radical (unpaired) electrons. The minimum absolute atomic E-state index is 0.314. The number of rotatable bonds is 4. The fraction of sp³-hybridized carbons (Fsp3) is 0.571. The van der Waals surface area contributed by atoms with E-state index in [0.29, 0.717) is 12.1 Å². The van der Waals surface area contributed by atoms with Crippen molar-refractivity contribution in [3.8, 4) is 5.75 Å². The summed E-state index contributed by atoms with van der Waals surface area (Å²) in [5.74, 6) is 0.914. The van der Waals surface area contributed by atoms with Gasteiger partial charge in [-0.05, 0) is 30.5 Å². The fourth-order valence-corrected chi connectivity index (χ4v) is 2.44. The largest absolute Gasteiger partial charge is 0.497 e. The number of ether oxygens (including phenoxy) is 1. The molecule has 0 aliphatic heterocycles. The van der Waals surface area contributed by atoms with Crippen molar-refractivity contribution in [2.75, 3.05) is 7.11 Å². The lowest BCUT2D eigenvalue weighted by molar-refractivity contribution is 0.326. The summed E-state index contributed by atoms with van der Waals surface area (Å²) < 4.78 is 5.22. The fourth-order valence-electron chi connectivity index (χ4n) is 2.44. The number of methoxy groups -OCH3 is 1. The predicted molar refractivity (Wildman–Crippen MR) is 70.1 cm³/mol. The van der Waals surface area contributed by atoms with Gasteiger partial charge >= 0.3 is 0 Å². The summed E-state index contributed by atoms with van der Waals surface area (Å²) in [6, 6.07) is 8.96. The van der Waals surface area contributed by atoms with Crippen LogP contribution in [0.15, 0.2) is 24.3 Å². The van der Waals surface area contributed by atoms with Crippen LogP contribution < -0.4 is 15.8 Å². The summed E-state index contributed by atoms with van der Waals surface area (Å²) >= 11 is 0. The quantitative estimate of drug-likeness (QED) is 0.838. The van der Waals surface area contributed by atoms with Crippen LogP contribution >= 0.6 is 0 Å². The normalized spacial score (nSPS) is 24.6. The third-order valence-corrected chi connectivity index (χ3v) is 3.52. The van der Waals surface area contributed by atoms with Gasteiger partial charge in [-0.2, -0.15) is 0 Å². The third kappa shape index (κ3) is 3.45. The molecule has 2 atom stereocenters. The molecule has 0 aromatic heterocycles. The van der Waals surface area contributed by atoms with Crippen LogP contribution in [-0.2, 0) is 6.54 Å². The standard InChI is InChI=1S/C14H22N2O/c1-17-12-6-4-5-11(9-12)10-16-14-8-3-2-7-13(14)15/h4-6,9,13-14,16H,2-3,7-8,10,15H2,1H3/t13-,14-/m1/s1. The van der Waals surface area contributed by atoms with Crippen LogP contribution in [0.3, 0.4) is 0 Å². The SMILES string of the molecule is COc1cccc(CN[C@@H]2CCCC[C@H]2N)c1. The lowest BCUT2D eigenvalue weighted by Crippen LogP contribution is -2.46. The molecule has 1 aromatic carbocycles. The predicted octanol–water partition coefficient (Wildman–Crippen LogP) is 2.05. The van der Waals surface area contributed by atoms with Gasteiger partial charge in [-0.15, -0.1) is 0 Å². The average molecular weight is 234 g/mol. The van der Waals surface area contributed by atoms with E-state index in [1.807, 2.05) is 12.1 Å². The molecule has 1 saturated carbocycles. The molecule has 0 unspecified atom stereocenters. The zero-order valence-electron chi connectivity index (χ0n) is 10.5. The van der Waals surface area contributed by atoms with E-state index in [0.717, 1.165) is 18.7 Å². The molecule has 17 heavy (non-hydrogen) atoms. The molecule has 1 fully saturated rings. The highest BCUT2D eigenvalue weighted by Gasteiger charge is 2.20. The highest BCUT2D eigenvalue weighted by Crippen LogP contribution is 2.18. The molecule has 0 amide bonds. The van der Waals surface area contributed by atoms with Crippen molar-refractivity contribution in [1.82, 2.24) is 5.32 Å². The van der Waals surface area contributed by atoms with E-state index in [9.17, 15) is 0 Å². The number of hydrogen-bond acceptors (Lipinski definition) is 3. The van der Waals surface area contributed by atoms with Crippen LogP contribution in [-0.4, -0.2) is 19.2 Å². The maximum atomic E-state index is 6.11. The molecule has 3 heteroatoms. The minimum Gasteiger partial charge on any atom is -0.497 e. The summed E-state index contributed by atoms with van der Waals surface area (Å²) in [6.45, 7) is 0.871. The molecule has 0 saturated heterocycles. The van der Waals surface area contributed by atoms with Crippen molar-refractivity contribution < 1.29 is 4.74 Å². The van der Waals surface area contributed by atoms with Crippen molar-refractivity contribution in [2.24, 2.45) is 5.73 Å². The Morgan fingerprint density at radius 1 is 1.35 bits per heavy atom. The van der Waals surface area contributed by atoms with Gasteiger partial charge in [0.2, 0.25) is 0 Å². The first-order valence-corrected chi connectivity index (χ1v) is 6.41. The molecule has 94 valence electrons. The first-order chi connectivity index (χ1) is 8.29. The summed E-state index contributed by atoms with van der Waals surface area (Å²) in [4.78, 5) is 0. The second-order valence-corrected chi connectivity index (χ2v) is 4.79. The maximum absolute atomic E-state index is 6.11. The molecule has 1 aliphatic carbocycles. The second kappa shape index (κ2) is 6.03. The van der Waals surface area contributed by atoms with Gasteiger partial charge in [0, 0.05) is 18.6 Å². The van der Waals surface area contributed by atoms with Gasteiger partial charge in [0.25, 0.3) is 0 Å². The Bertz CT molecular complexity index is 354. The van der Waals surface area contributed by atoms with E-state index < -0.39 is 0 Å². The van der Waals surface area contributed by atoms with E-state index in [4.69, 9.17) is 10.5 Å². The zero-order chi connectivity index (χ0) is 12.1. The molecular weight excluding hydrogens is 212 g/mol. The van der Waals surface area contributed by atoms with Crippen molar-refractivity contribution in [3.63, 3.8) is 0 Å². The summed E-state index contributed by atoms with van der Waals surface area (Å²) in [5, 5.41) is 3.56. The topological polar surface area (TPSA) is 47.3 Å². The lowest BCUT2D eigenvalue weighted by atomic mass is 9.91. The van der Waals surface area contributed by atoms with Gasteiger partial charge in [-0.3, -0.25) is 0 Å². The Morgan fingerprint density at radius 2 is 2.18 bits per heavy atom. The monoisotopic (exact) mass is 234 g/mol. The summed E-state index contributed by atoms with van der Waals surface area (Å²) in [7, 11) is 1.70. The van der Waals surface area contributed by atoms with Gasteiger partial charge in [-0.1, -0.05) is 25.0 Å².